The SMILES string of the molecule is CCCC/C=C(\I)[Se]C. The third kappa shape index (κ3) is 6.88. The van der Waals surface area contributed by atoms with Gasteiger partial charge in [0.25, 0.3) is 0 Å². The van der Waals surface area contributed by atoms with Gasteiger partial charge in [0, 0.05) is 0 Å². The topological polar surface area (TPSA) is 0 Å². The Morgan fingerprint density at radius 2 is 2.33 bits per heavy atom. The van der Waals surface area contributed by atoms with Crippen LogP contribution in [0.3, 0.4) is 0 Å². The Bertz CT molecular complexity index is 88.9. The quantitative estimate of drug-likeness (QED) is 0.425. The molecule has 0 aromatic heterocycles. The molecule has 0 bridgehead atoms. The standard InChI is InChI=1S/C7H13ISe/c1-3-4-5-6-7(8)9-2/h6H,3-5H2,1-2H3/b7-6+. The summed E-state index contributed by atoms with van der Waals surface area (Å²) >= 11 is 3.16. The van der Waals surface area contributed by atoms with E-state index in [1.165, 1.54) is 19.3 Å². The van der Waals surface area contributed by atoms with Gasteiger partial charge >= 0.3 is 78.1 Å². The van der Waals surface area contributed by atoms with Gasteiger partial charge in [-0.05, 0) is 0 Å². The second kappa shape index (κ2) is 7.10. The summed E-state index contributed by atoms with van der Waals surface area (Å²) in [5, 5.41) is 0. The molecule has 0 saturated heterocycles. The van der Waals surface area contributed by atoms with Crippen LogP contribution in [-0.4, -0.2) is 15.0 Å². The van der Waals surface area contributed by atoms with Crippen molar-refractivity contribution in [2.75, 3.05) is 0 Å². The molecule has 0 atom stereocenters. The Morgan fingerprint density at radius 1 is 1.67 bits per heavy atom. The van der Waals surface area contributed by atoms with E-state index in [-0.39, 0.29) is 0 Å². The molecule has 0 nitrogen and oxygen atoms in total. The van der Waals surface area contributed by atoms with E-state index in [9.17, 15) is 0 Å². The summed E-state index contributed by atoms with van der Waals surface area (Å²) in [6.07, 6.45) is 6.31. The number of allylic oxidation sites excluding steroid dienone is 1. The van der Waals surface area contributed by atoms with E-state index in [1.54, 1.807) is 2.48 Å². The van der Waals surface area contributed by atoms with E-state index in [1.807, 2.05) is 0 Å². The third-order valence-corrected chi connectivity index (χ3v) is 4.95. The van der Waals surface area contributed by atoms with Crippen molar-refractivity contribution in [2.45, 2.75) is 32.0 Å². The first-order valence-corrected chi connectivity index (χ1v) is 6.85. The first kappa shape index (κ1) is 9.99. The molecule has 0 aromatic rings. The van der Waals surface area contributed by atoms with Gasteiger partial charge in [-0.25, -0.2) is 0 Å². The molecule has 54 valence electrons. The van der Waals surface area contributed by atoms with Crippen LogP contribution in [0.1, 0.15) is 26.2 Å². The van der Waals surface area contributed by atoms with Crippen LogP contribution in [0.4, 0.5) is 0 Å². The molecule has 0 radical (unpaired) electrons. The van der Waals surface area contributed by atoms with Crippen LogP contribution in [0.2, 0.25) is 5.82 Å². The van der Waals surface area contributed by atoms with Crippen LogP contribution < -0.4 is 0 Å². The molecule has 0 spiro atoms. The van der Waals surface area contributed by atoms with E-state index in [4.69, 9.17) is 0 Å². The summed E-state index contributed by atoms with van der Waals surface area (Å²) in [7, 11) is 0. The minimum atomic E-state index is 0.730. The van der Waals surface area contributed by atoms with Gasteiger partial charge in [0.05, 0.1) is 0 Å². The van der Waals surface area contributed by atoms with E-state index in [0.717, 1.165) is 15.0 Å². The average Bonchev–Trinajstić information content (AvgIpc) is 1.89. The van der Waals surface area contributed by atoms with Gasteiger partial charge in [-0.2, -0.15) is 0 Å². The molecule has 0 aliphatic rings. The molecular weight excluding hydrogens is 290 g/mol. The van der Waals surface area contributed by atoms with Gasteiger partial charge in [0.15, 0.2) is 0 Å². The molecule has 2 heteroatoms. The van der Waals surface area contributed by atoms with Crippen molar-refractivity contribution in [3.63, 3.8) is 0 Å². The van der Waals surface area contributed by atoms with Gasteiger partial charge in [-0.15, -0.1) is 0 Å². The monoisotopic (exact) mass is 304 g/mol. The van der Waals surface area contributed by atoms with Gasteiger partial charge in [-0.1, -0.05) is 0 Å². The Kier molecular flexibility index (Phi) is 7.88. The predicted octanol–water partition coefficient (Wildman–Crippen LogP) is 3.21. The molecular formula is C7H13ISe. The van der Waals surface area contributed by atoms with Crippen LogP contribution in [0.5, 0.6) is 0 Å². The molecule has 0 saturated carbocycles. The fraction of sp³-hybridized carbons (Fsp3) is 0.714. The summed E-state index contributed by atoms with van der Waals surface area (Å²) in [6.45, 7) is 2.23. The first-order chi connectivity index (χ1) is 4.31. The van der Waals surface area contributed by atoms with Crippen molar-refractivity contribution < 1.29 is 0 Å². The molecule has 0 N–H and O–H groups in total. The maximum absolute atomic E-state index is 2.43. The summed E-state index contributed by atoms with van der Waals surface area (Å²) in [5.74, 6) is 2.26. The average molecular weight is 303 g/mol. The Hall–Kier alpha value is 0.989. The van der Waals surface area contributed by atoms with E-state index in [2.05, 4.69) is 41.4 Å². The summed E-state index contributed by atoms with van der Waals surface area (Å²) < 4.78 is 1.56. The Morgan fingerprint density at radius 3 is 2.78 bits per heavy atom. The summed E-state index contributed by atoms with van der Waals surface area (Å²) in [6, 6.07) is 0. The predicted molar refractivity (Wildman–Crippen MR) is 53.2 cm³/mol. The van der Waals surface area contributed by atoms with Crippen molar-refractivity contribution in [2.24, 2.45) is 0 Å². The molecule has 0 aliphatic carbocycles. The van der Waals surface area contributed by atoms with Crippen LogP contribution in [0.15, 0.2) is 8.55 Å². The Labute approximate surface area is 77.8 Å². The second-order valence-electron chi connectivity index (χ2n) is 1.85. The third-order valence-electron chi connectivity index (χ3n) is 1.06. The van der Waals surface area contributed by atoms with Gasteiger partial charge in [0.1, 0.15) is 0 Å². The van der Waals surface area contributed by atoms with Crippen LogP contribution in [0, 0.1) is 0 Å². The molecule has 0 aliphatic heterocycles. The number of halogens is 1. The van der Waals surface area contributed by atoms with E-state index >= 15 is 0 Å². The van der Waals surface area contributed by atoms with E-state index < -0.39 is 0 Å². The molecule has 0 fully saturated rings. The molecule has 0 heterocycles. The molecule has 0 amide bonds. The van der Waals surface area contributed by atoms with Gasteiger partial charge in [-0.3, -0.25) is 0 Å². The molecule has 0 aromatic carbocycles. The number of rotatable bonds is 4. The van der Waals surface area contributed by atoms with Crippen LogP contribution in [0.25, 0.3) is 0 Å². The fourth-order valence-corrected chi connectivity index (χ4v) is 1.41. The molecule has 0 unspecified atom stereocenters. The van der Waals surface area contributed by atoms with E-state index in [0.29, 0.717) is 0 Å². The number of hydrogen-bond donors (Lipinski definition) is 0. The number of hydrogen-bond acceptors (Lipinski definition) is 0. The fourth-order valence-electron chi connectivity index (χ4n) is 0.503. The van der Waals surface area contributed by atoms with Crippen LogP contribution in [-0.2, 0) is 0 Å². The summed E-state index contributed by atoms with van der Waals surface area (Å²) in [4.78, 5) is 0. The Balaban J connectivity index is 3.21. The van der Waals surface area contributed by atoms with Crippen molar-refractivity contribution in [3.8, 4) is 0 Å². The number of unbranched alkanes of at least 4 members (excludes halogenated alkanes) is 2. The van der Waals surface area contributed by atoms with Crippen molar-refractivity contribution >= 4 is 37.5 Å². The molecule has 0 rings (SSSR count). The minimum absolute atomic E-state index is 0.730. The molecule has 9 heavy (non-hydrogen) atoms. The van der Waals surface area contributed by atoms with Crippen molar-refractivity contribution in [1.82, 2.24) is 0 Å². The summed E-state index contributed by atoms with van der Waals surface area (Å²) in [5.41, 5.74) is 0. The maximum atomic E-state index is 2.43. The second-order valence-corrected chi connectivity index (χ2v) is 6.44. The van der Waals surface area contributed by atoms with Gasteiger partial charge < -0.3 is 0 Å². The van der Waals surface area contributed by atoms with Crippen molar-refractivity contribution in [3.05, 3.63) is 8.55 Å². The first-order valence-electron chi connectivity index (χ1n) is 3.21. The van der Waals surface area contributed by atoms with Crippen molar-refractivity contribution in [1.29, 1.82) is 0 Å². The van der Waals surface area contributed by atoms with Gasteiger partial charge in [0.2, 0.25) is 0 Å². The normalized spacial score (nSPS) is 12.1. The zero-order valence-corrected chi connectivity index (χ0v) is 9.86. The zero-order chi connectivity index (χ0) is 7.11. The van der Waals surface area contributed by atoms with Crippen LogP contribution >= 0.6 is 22.6 Å². The zero-order valence-electron chi connectivity index (χ0n) is 5.98.